The van der Waals surface area contributed by atoms with Gasteiger partial charge < -0.3 is 5.32 Å². The molecular weight excluding hydrogens is 432 g/mol. The molecule has 1 heterocycles. The number of hydrogen-bond donors (Lipinski definition) is 1. The van der Waals surface area contributed by atoms with Gasteiger partial charge in [-0.05, 0) is 42.0 Å². The Morgan fingerprint density at radius 2 is 1.51 bits per heavy atom. The zero-order valence-electron chi connectivity index (χ0n) is 20.2. The van der Waals surface area contributed by atoms with Gasteiger partial charge in [-0.1, -0.05) is 92.6 Å². The Balaban J connectivity index is 1.65. The second-order valence-corrected chi connectivity index (χ2v) is 9.51. The van der Waals surface area contributed by atoms with Gasteiger partial charge in [-0.3, -0.25) is 14.5 Å². The number of unbranched alkanes of at least 4 members (excludes halogenated alkanes) is 2. The molecular formula is C31H32N2O2. The quantitative estimate of drug-likeness (QED) is 0.394. The van der Waals surface area contributed by atoms with Gasteiger partial charge >= 0.3 is 0 Å². The molecule has 0 saturated carbocycles. The molecule has 0 fully saturated rings. The van der Waals surface area contributed by atoms with E-state index in [2.05, 4.69) is 24.4 Å². The third-order valence-electron chi connectivity index (χ3n) is 7.14. The van der Waals surface area contributed by atoms with E-state index in [0.29, 0.717) is 12.8 Å². The molecule has 0 unspecified atom stereocenters. The maximum atomic E-state index is 13.9. The third-order valence-corrected chi connectivity index (χ3v) is 7.14. The molecule has 2 atom stereocenters. The predicted molar refractivity (Wildman–Crippen MR) is 141 cm³/mol. The second-order valence-electron chi connectivity index (χ2n) is 9.51. The summed E-state index contributed by atoms with van der Waals surface area (Å²) >= 11 is 0. The number of rotatable bonds is 6. The van der Waals surface area contributed by atoms with Gasteiger partial charge in [0.1, 0.15) is 0 Å². The van der Waals surface area contributed by atoms with E-state index in [9.17, 15) is 9.59 Å². The second kappa shape index (κ2) is 10.3. The summed E-state index contributed by atoms with van der Waals surface area (Å²) in [5.74, 6) is 0.291. The van der Waals surface area contributed by atoms with Crippen LogP contribution in [0.2, 0.25) is 0 Å². The first-order valence-corrected chi connectivity index (χ1v) is 12.7. The highest BCUT2D eigenvalue weighted by Gasteiger charge is 2.41. The minimum absolute atomic E-state index is 0.0632. The van der Waals surface area contributed by atoms with Crippen molar-refractivity contribution in [3.63, 3.8) is 0 Å². The van der Waals surface area contributed by atoms with E-state index in [4.69, 9.17) is 0 Å². The summed E-state index contributed by atoms with van der Waals surface area (Å²) < 4.78 is 0. The fourth-order valence-electron chi connectivity index (χ4n) is 5.42. The number of para-hydroxylation sites is 2. The van der Waals surface area contributed by atoms with Crippen LogP contribution in [0.25, 0.3) is 0 Å². The monoisotopic (exact) mass is 464 g/mol. The number of ketones is 1. The minimum atomic E-state index is -0.444. The Labute approximate surface area is 207 Å². The molecule has 1 N–H and O–H groups in total. The van der Waals surface area contributed by atoms with Crippen LogP contribution >= 0.6 is 0 Å². The molecule has 5 rings (SSSR count). The first-order chi connectivity index (χ1) is 17.2. The number of carbonyl (C=O) groups is 2. The van der Waals surface area contributed by atoms with Crippen molar-refractivity contribution in [2.75, 3.05) is 10.2 Å². The van der Waals surface area contributed by atoms with E-state index in [-0.39, 0.29) is 17.6 Å². The highest BCUT2D eigenvalue weighted by atomic mass is 16.2. The maximum absolute atomic E-state index is 13.9. The molecule has 1 amide bonds. The summed E-state index contributed by atoms with van der Waals surface area (Å²) in [6, 6.07) is 27.8. The Bertz CT molecular complexity index is 1230. The normalized spacial score (nSPS) is 19.5. The summed E-state index contributed by atoms with van der Waals surface area (Å²) in [5.41, 5.74) is 5.51. The lowest BCUT2D eigenvalue weighted by Gasteiger charge is -2.35. The molecule has 0 spiro atoms. The van der Waals surface area contributed by atoms with Crippen LogP contribution in [0.15, 0.2) is 96.2 Å². The van der Waals surface area contributed by atoms with E-state index >= 15 is 0 Å². The van der Waals surface area contributed by atoms with Crippen LogP contribution in [0.3, 0.4) is 0 Å². The average Bonchev–Trinajstić information content (AvgIpc) is 3.04. The van der Waals surface area contributed by atoms with E-state index in [1.165, 1.54) is 5.56 Å². The first-order valence-electron chi connectivity index (χ1n) is 12.7. The zero-order chi connectivity index (χ0) is 24.2. The molecule has 35 heavy (non-hydrogen) atoms. The minimum Gasteiger partial charge on any atom is -0.357 e. The number of allylic oxidation sites excluding steroid dienone is 1. The van der Waals surface area contributed by atoms with Crippen LogP contribution in [0, 0.1) is 0 Å². The van der Waals surface area contributed by atoms with Gasteiger partial charge in [-0.15, -0.1) is 0 Å². The van der Waals surface area contributed by atoms with Gasteiger partial charge in [0.05, 0.1) is 17.4 Å². The molecule has 0 bridgehead atoms. The van der Waals surface area contributed by atoms with Crippen LogP contribution in [0.1, 0.15) is 68.5 Å². The Morgan fingerprint density at radius 1 is 0.857 bits per heavy atom. The zero-order valence-corrected chi connectivity index (χ0v) is 20.2. The van der Waals surface area contributed by atoms with Crippen molar-refractivity contribution in [3.8, 4) is 0 Å². The lowest BCUT2D eigenvalue weighted by molar-refractivity contribution is -0.119. The van der Waals surface area contributed by atoms with Crippen LogP contribution in [0.4, 0.5) is 11.4 Å². The molecule has 0 aromatic heterocycles. The molecule has 178 valence electrons. The SMILES string of the molecule is CCCCCC(=O)N1c2ccccc2NC2=C(C(=O)C[C@@H](c3ccccc3)C2)[C@H]1c1ccccc1. The van der Waals surface area contributed by atoms with Crippen LogP contribution in [-0.2, 0) is 9.59 Å². The number of fused-ring (bicyclic) bond motifs is 1. The van der Waals surface area contributed by atoms with Gasteiger partial charge in [0.2, 0.25) is 5.91 Å². The third kappa shape index (κ3) is 4.66. The Morgan fingerprint density at radius 3 is 2.23 bits per heavy atom. The number of Topliss-reactive ketones (excluding diaryl/α,β-unsaturated/α-hetero) is 1. The summed E-state index contributed by atoms with van der Waals surface area (Å²) in [5, 5.41) is 3.61. The molecule has 4 nitrogen and oxygen atoms in total. The highest BCUT2D eigenvalue weighted by molar-refractivity contribution is 6.06. The molecule has 4 heteroatoms. The smallest absolute Gasteiger partial charge is 0.227 e. The van der Waals surface area contributed by atoms with Crippen LogP contribution in [-0.4, -0.2) is 11.7 Å². The highest BCUT2D eigenvalue weighted by Crippen LogP contribution is 2.47. The topological polar surface area (TPSA) is 49.4 Å². The predicted octanol–water partition coefficient (Wildman–Crippen LogP) is 7.17. The lowest BCUT2D eigenvalue weighted by atomic mass is 9.78. The average molecular weight is 465 g/mol. The van der Waals surface area contributed by atoms with Crippen molar-refractivity contribution in [2.45, 2.75) is 57.4 Å². The van der Waals surface area contributed by atoms with Crippen molar-refractivity contribution in [1.29, 1.82) is 0 Å². The Kier molecular flexibility index (Phi) is 6.80. The summed E-state index contributed by atoms with van der Waals surface area (Å²) in [7, 11) is 0. The number of amides is 1. The molecule has 3 aromatic carbocycles. The molecule has 1 aliphatic heterocycles. The van der Waals surface area contributed by atoms with E-state index in [1.54, 1.807) is 0 Å². The van der Waals surface area contributed by atoms with Crippen molar-refractivity contribution in [2.24, 2.45) is 0 Å². The first kappa shape index (κ1) is 23.1. The van der Waals surface area contributed by atoms with Crippen LogP contribution in [0.5, 0.6) is 0 Å². The van der Waals surface area contributed by atoms with Gasteiger partial charge in [-0.2, -0.15) is 0 Å². The van der Waals surface area contributed by atoms with Crippen molar-refractivity contribution >= 4 is 23.1 Å². The number of hydrogen-bond acceptors (Lipinski definition) is 3. The summed E-state index contributed by atoms with van der Waals surface area (Å²) in [6.45, 7) is 2.14. The maximum Gasteiger partial charge on any atom is 0.227 e. The fourth-order valence-corrected chi connectivity index (χ4v) is 5.42. The van der Waals surface area contributed by atoms with Crippen molar-refractivity contribution < 1.29 is 9.59 Å². The van der Waals surface area contributed by atoms with E-state index < -0.39 is 6.04 Å². The summed E-state index contributed by atoms with van der Waals surface area (Å²) in [4.78, 5) is 29.6. The van der Waals surface area contributed by atoms with Crippen molar-refractivity contribution in [3.05, 3.63) is 107 Å². The number of anilines is 2. The van der Waals surface area contributed by atoms with Gasteiger partial charge in [0, 0.05) is 24.1 Å². The summed E-state index contributed by atoms with van der Waals surface area (Å²) in [6.07, 6.45) is 4.57. The molecule has 0 saturated heterocycles. The number of benzene rings is 3. The molecule has 1 aliphatic carbocycles. The molecule has 3 aromatic rings. The number of nitrogens with zero attached hydrogens (tertiary/aromatic N) is 1. The number of carbonyl (C=O) groups excluding carboxylic acids is 2. The van der Waals surface area contributed by atoms with Gasteiger partial charge in [0.25, 0.3) is 0 Å². The lowest BCUT2D eigenvalue weighted by Crippen LogP contribution is -2.38. The van der Waals surface area contributed by atoms with Gasteiger partial charge in [-0.25, -0.2) is 0 Å². The van der Waals surface area contributed by atoms with E-state index in [0.717, 1.165) is 53.9 Å². The van der Waals surface area contributed by atoms with E-state index in [1.807, 2.05) is 77.7 Å². The standard InChI is InChI=1S/C31H32N2O2/c1-2-3-6-19-29(35)33-27-18-12-11-17-25(27)32-26-20-24(22-13-7-4-8-14-22)21-28(34)30(26)31(33)23-15-9-5-10-16-23/h4-5,7-18,24,31-32H,2-3,6,19-21H2,1H3/t24-,31+/m0/s1. The Hall–Kier alpha value is -3.66. The fraction of sp³-hybridized carbons (Fsp3) is 0.290. The largest absolute Gasteiger partial charge is 0.357 e. The molecule has 2 aliphatic rings. The molecule has 0 radical (unpaired) electrons. The van der Waals surface area contributed by atoms with Crippen molar-refractivity contribution in [1.82, 2.24) is 0 Å². The van der Waals surface area contributed by atoms with Gasteiger partial charge in [0.15, 0.2) is 5.78 Å². The number of nitrogens with one attached hydrogen (secondary N) is 1. The van der Waals surface area contributed by atoms with Crippen LogP contribution < -0.4 is 10.2 Å².